The van der Waals surface area contributed by atoms with Gasteiger partial charge in [0.2, 0.25) is 5.43 Å². The van der Waals surface area contributed by atoms with Crippen LogP contribution in [0.5, 0.6) is 11.5 Å². The van der Waals surface area contributed by atoms with Crippen LogP contribution in [0.1, 0.15) is 10.4 Å². The van der Waals surface area contributed by atoms with Crippen molar-refractivity contribution in [1.29, 1.82) is 0 Å². The number of halogens is 1. The lowest BCUT2D eigenvalue weighted by Gasteiger charge is -2.25. The molecular weight excluding hydrogens is 465 g/mol. The first-order valence-electron chi connectivity index (χ1n) is 9.96. The number of thioether (sulfide) groups is 1. The zero-order chi connectivity index (χ0) is 23.7. The fourth-order valence-corrected chi connectivity index (χ4v) is 4.97. The number of nitrogens with zero attached hydrogens (tertiary/aromatic N) is 1. The van der Waals surface area contributed by atoms with Crippen molar-refractivity contribution in [3.63, 3.8) is 0 Å². The summed E-state index contributed by atoms with van der Waals surface area (Å²) in [5.41, 5.74) is 0.280. The van der Waals surface area contributed by atoms with Gasteiger partial charge in [-0.1, -0.05) is 18.2 Å². The molecule has 8 nitrogen and oxygen atoms in total. The molecule has 3 aromatic carbocycles. The number of furan rings is 1. The number of fused-ring (bicyclic) bond motifs is 5. The van der Waals surface area contributed by atoms with Crippen molar-refractivity contribution in [1.82, 2.24) is 4.57 Å². The number of pyridine rings is 1. The molecule has 0 spiro atoms. The number of ether oxygens (including phenoxy) is 1. The van der Waals surface area contributed by atoms with Gasteiger partial charge < -0.3 is 23.9 Å². The Morgan fingerprint density at radius 1 is 1.03 bits per heavy atom. The Morgan fingerprint density at radius 3 is 2.59 bits per heavy atom. The molecule has 0 atom stereocenters. The van der Waals surface area contributed by atoms with Gasteiger partial charge in [0.25, 0.3) is 0 Å². The number of para-hydroxylation sites is 1. The molecule has 1 aliphatic heterocycles. The molecule has 2 N–H and O–H groups in total. The molecule has 0 bridgehead atoms. The van der Waals surface area contributed by atoms with E-state index >= 15 is 4.39 Å². The largest absolute Gasteiger partial charge is 0.481 e. The number of carbonyl (C=O) groups is 2. The highest BCUT2D eigenvalue weighted by molar-refractivity contribution is 8.00. The molecule has 0 fully saturated rings. The summed E-state index contributed by atoms with van der Waals surface area (Å²) in [5.74, 6) is -3.70. The second-order valence-electron chi connectivity index (χ2n) is 7.66. The van der Waals surface area contributed by atoms with Crippen molar-refractivity contribution in [3.05, 3.63) is 70.3 Å². The molecule has 6 rings (SSSR count). The maximum Gasteiger partial charge on any atom is 0.341 e. The van der Waals surface area contributed by atoms with Crippen LogP contribution in [-0.4, -0.2) is 32.5 Å². The van der Waals surface area contributed by atoms with E-state index in [9.17, 15) is 19.5 Å². The number of aromatic nitrogens is 1. The van der Waals surface area contributed by atoms with Crippen molar-refractivity contribution in [2.24, 2.45) is 0 Å². The Labute approximate surface area is 192 Å². The Hall–Kier alpha value is -4.31. The number of hydrogen-bond donors (Lipinski definition) is 2. The number of carboxylic acid groups (broad SMARTS) is 2. The standard InChI is InChI=1S/C24H12FNO7S/c25-14-5-12-20-22(23(14)34-9-19(27)28)33-18-6-11-10-3-1-2-4-16(10)32-17(11)7-15(18)26(20)8-13(21(12)29)24(30)31/h1-8H,9H2,(H,27,28)(H,30,31). The van der Waals surface area contributed by atoms with Crippen LogP contribution in [0.25, 0.3) is 38.5 Å². The Kier molecular flexibility index (Phi) is 4.24. The van der Waals surface area contributed by atoms with E-state index in [0.717, 1.165) is 23.0 Å². The van der Waals surface area contributed by atoms with E-state index < -0.39 is 34.5 Å². The molecule has 1 aliphatic rings. The minimum atomic E-state index is -1.46. The lowest BCUT2D eigenvalue weighted by atomic mass is 10.1. The summed E-state index contributed by atoms with van der Waals surface area (Å²) in [7, 11) is 0. The van der Waals surface area contributed by atoms with Gasteiger partial charge >= 0.3 is 11.9 Å². The SMILES string of the molecule is O=C(O)CSc1c(F)cc2c(=O)c(C(=O)O)cn3c2c1Oc1cc2c(cc1-3)oc1ccccc12. The average Bonchev–Trinajstić information content (AvgIpc) is 3.16. The Morgan fingerprint density at radius 2 is 1.82 bits per heavy atom. The molecule has 0 amide bonds. The van der Waals surface area contributed by atoms with Crippen molar-refractivity contribution in [2.45, 2.75) is 4.90 Å². The van der Waals surface area contributed by atoms with Crippen LogP contribution in [0.4, 0.5) is 4.39 Å². The Bertz CT molecular complexity index is 1790. The van der Waals surface area contributed by atoms with Gasteiger partial charge in [0.05, 0.1) is 21.7 Å². The lowest BCUT2D eigenvalue weighted by molar-refractivity contribution is -0.133. The number of carboxylic acids is 2. The first-order chi connectivity index (χ1) is 16.3. The third kappa shape index (κ3) is 2.82. The first-order valence-corrected chi connectivity index (χ1v) is 11.0. The van der Waals surface area contributed by atoms with Crippen molar-refractivity contribution in [3.8, 4) is 17.2 Å². The molecule has 0 saturated heterocycles. The van der Waals surface area contributed by atoms with E-state index in [1.165, 1.54) is 4.57 Å². The topological polar surface area (TPSA) is 119 Å². The zero-order valence-corrected chi connectivity index (χ0v) is 17.8. The predicted molar refractivity (Wildman–Crippen MR) is 122 cm³/mol. The maximum atomic E-state index is 15.1. The summed E-state index contributed by atoms with van der Waals surface area (Å²) < 4.78 is 28.5. The van der Waals surface area contributed by atoms with Crippen molar-refractivity contribution in [2.75, 3.05) is 5.75 Å². The molecule has 0 unspecified atom stereocenters. The Balaban J connectivity index is 1.73. The minimum Gasteiger partial charge on any atom is -0.481 e. The van der Waals surface area contributed by atoms with Gasteiger partial charge in [0, 0.05) is 23.0 Å². The summed E-state index contributed by atoms with van der Waals surface area (Å²) in [6.07, 6.45) is 1.16. The molecule has 5 aromatic rings. The number of benzene rings is 3. The van der Waals surface area contributed by atoms with E-state index in [1.807, 2.05) is 18.2 Å². The molecular formula is C24H12FNO7S. The van der Waals surface area contributed by atoms with Crippen LogP contribution in [0.2, 0.25) is 0 Å². The second kappa shape index (κ2) is 7.09. The highest BCUT2D eigenvalue weighted by atomic mass is 32.2. The van der Waals surface area contributed by atoms with E-state index in [1.54, 1.807) is 18.2 Å². The first kappa shape index (κ1) is 20.3. The summed E-state index contributed by atoms with van der Waals surface area (Å²) in [4.78, 5) is 35.7. The highest BCUT2D eigenvalue weighted by Crippen LogP contribution is 2.48. The molecule has 0 radical (unpaired) electrons. The molecule has 2 aromatic heterocycles. The fraction of sp³-hybridized carbons (Fsp3) is 0.0417. The normalized spacial score (nSPS) is 12.1. The van der Waals surface area contributed by atoms with Crippen LogP contribution in [0, 0.1) is 5.82 Å². The quantitative estimate of drug-likeness (QED) is 0.340. The highest BCUT2D eigenvalue weighted by Gasteiger charge is 2.29. The second-order valence-corrected chi connectivity index (χ2v) is 8.64. The molecule has 10 heteroatoms. The molecule has 3 heterocycles. The molecule has 34 heavy (non-hydrogen) atoms. The lowest BCUT2D eigenvalue weighted by Crippen LogP contribution is -2.21. The van der Waals surface area contributed by atoms with Crippen LogP contribution in [-0.2, 0) is 4.79 Å². The summed E-state index contributed by atoms with van der Waals surface area (Å²) in [6.45, 7) is 0. The smallest absolute Gasteiger partial charge is 0.341 e. The van der Waals surface area contributed by atoms with Crippen LogP contribution >= 0.6 is 11.8 Å². The summed E-state index contributed by atoms with van der Waals surface area (Å²) >= 11 is 0.713. The third-order valence-corrected chi connectivity index (χ3v) is 6.71. The third-order valence-electron chi connectivity index (χ3n) is 5.65. The van der Waals surface area contributed by atoms with Crippen molar-refractivity contribution < 1.29 is 33.3 Å². The van der Waals surface area contributed by atoms with E-state index in [0.29, 0.717) is 28.6 Å². The van der Waals surface area contributed by atoms with Gasteiger partial charge in [-0.05, 0) is 18.2 Å². The fourth-order valence-electron chi connectivity index (χ4n) is 4.23. The van der Waals surface area contributed by atoms with E-state index in [-0.39, 0.29) is 27.3 Å². The number of hydrogen-bond acceptors (Lipinski definition) is 6. The predicted octanol–water partition coefficient (Wildman–Crippen LogP) is 5.01. The number of aliphatic carboxylic acids is 1. The monoisotopic (exact) mass is 477 g/mol. The van der Waals surface area contributed by atoms with Gasteiger partial charge in [-0.15, -0.1) is 11.8 Å². The molecule has 0 saturated carbocycles. The van der Waals surface area contributed by atoms with E-state index in [2.05, 4.69) is 0 Å². The summed E-state index contributed by atoms with van der Waals surface area (Å²) in [5, 5.41) is 20.0. The van der Waals surface area contributed by atoms with Crippen LogP contribution < -0.4 is 10.2 Å². The van der Waals surface area contributed by atoms with Gasteiger partial charge in [-0.25, -0.2) is 9.18 Å². The van der Waals surface area contributed by atoms with Gasteiger partial charge in [0.15, 0.2) is 11.5 Å². The van der Waals surface area contributed by atoms with Crippen molar-refractivity contribution >= 4 is 56.5 Å². The number of aromatic carboxylic acids is 1. The number of rotatable bonds is 4. The van der Waals surface area contributed by atoms with Gasteiger partial charge in [-0.2, -0.15) is 0 Å². The molecule has 168 valence electrons. The van der Waals surface area contributed by atoms with E-state index in [4.69, 9.17) is 14.3 Å². The zero-order valence-electron chi connectivity index (χ0n) is 17.0. The van der Waals surface area contributed by atoms with Crippen LogP contribution in [0.15, 0.2) is 62.8 Å². The average molecular weight is 477 g/mol. The van der Waals surface area contributed by atoms with Gasteiger partial charge in [-0.3, -0.25) is 9.59 Å². The minimum absolute atomic E-state index is 0.0464. The summed E-state index contributed by atoms with van der Waals surface area (Å²) in [6, 6.07) is 11.6. The molecule has 0 aliphatic carbocycles. The van der Waals surface area contributed by atoms with Crippen LogP contribution in [0.3, 0.4) is 0 Å². The van der Waals surface area contributed by atoms with Gasteiger partial charge in [0.1, 0.15) is 28.1 Å². The maximum absolute atomic E-state index is 15.1.